The molecular formula is C15H14Cl3NO. The minimum atomic E-state index is -0.165. The van der Waals surface area contributed by atoms with E-state index in [0.717, 1.165) is 11.3 Å². The first kappa shape index (κ1) is 15.5. The van der Waals surface area contributed by atoms with Crippen LogP contribution in [-0.4, -0.2) is 12.6 Å². The van der Waals surface area contributed by atoms with Crippen molar-refractivity contribution in [2.75, 3.05) is 6.61 Å². The summed E-state index contributed by atoms with van der Waals surface area (Å²) in [7, 11) is 0. The van der Waals surface area contributed by atoms with Gasteiger partial charge in [-0.1, -0.05) is 46.9 Å². The molecule has 1 atom stereocenters. The second-order valence-corrected chi connectivity index (χ2v) is 5.66. The van der Waals surface area contributed by atoms with E-state index in [9.17, 15) is 0 Å². The molecule has 0 aliphatic heterocycles. The predicted octanol–water partition coefficient (Wildman–Crippen LogP) is 4.60. The van der Waals surface area contributed by atoms with E-state index in [1.807, 2.05) is 12.1 Å². The van der Waals surface area contributed by atoms with E-state index in [-0.39, 0.29) is 6.04 Å². The molecule has 0 saturated heterocycles. The molecule has 0 amide bonds. The summed E-state index contributed by atoms with van der Waals surface area (Å²) < 4.78 is 5.61. The van der Waals surface area contributed by atoms with Crippen LogP contribution >= 0.6 is 34.8 Å². The van der Waals surface area contributed by atoms with Crippen LogP contribution in [0.25, 0.3) is 0 Å². The zero-order chi connectivity index (χ0) is 14.5. The number of benzene rings is 2. The zero-order valence-corrected chi connectivity index (χ0v) is 12.9. The van der Waals surface area contributed by atoms with E-state index in [0.29, 0.717) is 28.1 Å². The van der Waals surface area contributed by atoms with Gasteiger partial charge >= 0.3 is 0 Å². The number of ether oxygens (including phenoxy) is 1. The fourth-order valence-electron chi connectivity index (χ4n) is 1.78. The van der Waals surface area contributed by atoms with E-state index in [1.165, 1.54) is 0 Å². The third-order valence-corrected chi connectivity index (χ3v) is 3.90. The Balaban J connectivity index is 1.91. The van der Waals surface area contributed by atoms with Crippen molar-refractivity contribution in [1.82, 2.24) is 0 Å². The van der Waals surface area contributed by atoms with Crippen molar-refractivity contribution in [1.29, 1.82) is 0 Å². The zero-order valence-electron chi connectivity index (χ0n) is 10.7. The molecule has 1 unspecified atom stereocenters. The SMILES string of the molecule is NC(COc1ccc(Cl)cc1)Cc1cccc(Cl)c1Cl. The number of rotatable bonds is 5. The summed E-state index contributed by atoms with van der Waals surface area (Å²) in [5, 5.41) is 1.76. The number of halogens is 3. The average molecular weight is 331 g/mol. The summed E-state index contributed by atoms with van der Waals surface area (Å²) in [4.78, 5) is 0. The second kappa shape index (κ2) is 7.19. The van der Waals surface area contributed by atoms with Gasteiger partial charge in [0.05, 0.1) is 10.0 Å². The molecule has 0 bridgehead atoms. The number of hydrogen-bond donors (Lipinski definition) is 1. The summed E-state index contributed by atoms with van der Waals surface area (Å²) in [6.45, 7) is 0.393. The Bertz CT molecular complexity index is 572. The Labute approximate surface area is 133 Å². The van der Waals surface area contributed by atoms with Gasteiger partial charge in [-0.15, -0.1) is 0 Å². The molecule has 0 aliphatic carbocycles. The largest absolute Gasteiger partial charge is 0.492 e. The fraction of sp³-hybridized carbons (Fsp3) is 0.200. The molecule has 106 valence electrons. The lowest BCUT2D eigenvalue weighted by Crippen LogP contribution is -2.30. The quantitative estimate of drug-likeness (QED) is 0.870. The summed E-state index contributed by atoms with van der Waals surface area (Å²) in [5.41, 5.74) is 6.97. The van der Waals surface area contributed by atoms with Crippen LogP contribution in [0.1, 0.15) is 5.56 Å². The van der Waals surface area contributed by atoms with Crippen molar-refractivity contribution in [2.45, 2.75) is 12.5 Å². The van der Waals surface area contributed by atoms with Crippen LogP contribution in [0.3, 0.4) is 0 Å². The van der Waals surface area contributed by atoms with Crippen molar-refractivity contribution in [3.63, 3.8) is 0 Å². The Hall–Kier alpha value is -0.930. The molecule has 0 fully saturated rings. The highest BCUT2D eigenvalue weighted by atomic mass is 35.5. The Morgan fingerprint density at radius 2 is 1.70 bits per heavy atom. The van der Waals surface area contributed by atoms with Crippen molar-refractivity contribution in [3.8, 4) is 5.75 Å². The van der Waals surface area contributed by atoms with Gasteiger partial charge in [0, 0.05) is 11.1 Å². The van der Waals surface area contributed by atoms with Crippen molar-refractivity contribution < 1.29 is 4.74 Å². The highest BCUT2D eigenvalue weighted by Crippen LogP contribution is 2.26. The van der Waals surface area contributed by atoms with Gasteiger partial charge in [0.25, 0.3) is 0 Å². The van der Waals surface area contributed by atoms with Crippen LogP contribution in [0, 0.1) is 0 Å². The maximum atomic E-state index is 6.13. The number of hydrogen-bond acceptors (Lipinski definition) is 2. The third kappa shape index (κ3) is 4.29. The third-order valence-electron chi connectivity index (χ3n) is 2.79. The van der Waals surface area contributed by atoms with E-state index in [1.54, 1.807) is 30.3 Å². The maximum Gasteiger partial charge on any atom is 0.119 e. The topological polar surface area (TPSA) is 35.2 Å². The lowest BCUT2D eigenvalue weighted by molar-refractivity contribution is 0.287. The molecule has 0 aromatic heterocycles. The Kier molecular flexibility index (Phi) is 5.55. The number of nitrogens with two attached hydrogens (primary N) is 1. The molecule has 2 N–H and O–H groups in total. The molecule has 0 saturated carbocycles. The average Bonchev–Trinajstić information content (AvgIpc) is 2.43. The standard InChI is InChI=1S/C15H14Cl3NO/c16-11-4-6-13(7-5-11)20-9-12(19)8-10-2-1-3-14(17)15(10)18/h1-7,12H,8-9,19H2. The van der Waals surface area contributed by atoms with Crippen LogP contribution in [0.5, 0.6) is 5.75 Å². The predicted molar refractivity (Wildman–Crippen MR) is 85.1 cm³/mol. The van der Waals surface area contributed by atoms with Gasteiger partial charge in [-0.05, 0) is 42.3 Å². The molecular weight excluding hydrogens is 317 g/mol. The lowest BCUT2D eigenvalue weighted by atomic mass is 10.1. The molecule has 2 aromatic carbocycles. The maximum absolute atomic E-state index is 6.13. The summed E-state index contributed by atoms with van der Waals surface area (Å²) in [5.74, 6) is 0.738. The smallest absolute Gasteiger partial charge is 0.119 e. The van der Waals surface area contributed by atoms with E-state index in [2.05, 4.69) is 0 Å². The Morgan fingerprint density at radius 1 is 1.00 bits per heavy atom. The molecule has 0 spiro atoms. The highest BCUT2D eigenvalue weighted by molar-refractivity contribution is 6.42. The molecule has 2 rings (SSSR count). The van der Waals surface area contributed by atoms with E-state index < -0.39 is 0 Å². The molecule has 2 nitrogen and oxygen atoms in total. The highest BCUT2D eigenvalue weighted by Gasteiger charge is 2.10. The van der Waals surface area contributed by atoms with Gasteiger partial charge in [0.1, 0.15) is 12.4 Å². The van der Waals surface area contributed by atoms with Gasteiger partial charge in [-0.3, -0.25) is 0 Å². The van der Waals surface area contributed by atoms with Gasteiger partial charge < -0.3 is 10.5 Å². The van der Waals surface area contributed by atoms with Gasteiger partial charge in [-0.25, -0.2) is 0 Å². The molecule has 0 aliphatic rings. The van der Waals surface area contributed by atoms with E-state index >= 15 is 0 Å². The Morgan fingerprint density at radius 3 is 2.40 bits per heavy atom. The molecule has 2 aromatic rings. The molecule has 20 heavy (non-hydrogen) atoms. The molecule has 0 heterocycles. The van der Waals surface area contributed by atoms with Gasteiger partial charge in [0.2, 0.25) is 0 Å². The lowest BCUT2D eigenvalue weighted by Gasteiger charge is -2.14. The second-order valence-electron chi connectivity index (χ2n) is 4.44. The normalized spacial score (nSPS) is 12.2. The first-order valence-corrected chi connectivity index (χ1v) is 7.26. The molecule has 0 radical (unpaired) electrons. The summed E-state index contributed by atoms with van der Waals surface area (Å²) in [6.07, 6.45) is 0.604. The minimum Gasteiger partial charge on any atom is -0.492 e. The summed E-state index contributed by atoms with van der Waals surface area (Å²) in [6, 6.07) is 12.5. The minimum absolute atomic E-state index is 0.165. The van der Waals surface area contributed by atoms with Crippen LogP contribution in [-0.2, 0) is 6.42 Å². The molecule has 5 heteroatoms. The first-order chi connectivity index (χ1) is 9.56. The van der Waals surface area contributed by atoms with Crippen LogP contribution in [0.15, 0.2) is 42.5 Å². The van der Waals surface area contributed by atoms with Crippen molar-refractivity contribution >= 4 is 34.8 Å². The van der Waals surface area contributed by atoms with Gasteiger partial charge in [-0.2, -0.15) is 0 Å². The monoisotopic (exact) mass is 329 g/mol. The van der Waals surface area contributed by atoms with Crippen molar-refractivity contribution in [3.05, 3.63) is 63.1 Å². The van der Waals surface area contributed by atoms with E-state index in [4.69, 9.17) is 45.3 Å². The van der Waals surface area contributed by atoms with Gasteiger partial charge in [0.15, 0.2) is 0 Å². The summed E-state index contributed by atoms with van der Waals surface area (Å²) >= 11 is 17.9. The fourth-order valence-corrected chi connectivity index (χ4v) is 2.30. The first-order valence-electron chi connectivity index (χ1n) is 6.13. The van der Waals surface area contributed by atoms with Crippen molar-refractivity contribution in [2.24, 2.45) is 5.73 Å². The van der Waals surface area contributed by atoms with Crippen LogP contribution < -0.4 is 10.5 Å². The van der Waals surface area contributed by atoms with Crippen LogP contribution in [0.2, 0.25) is 15.1 Å². The van der Waals surface area contributed by atoms with Crippen LogP contribution in [0.4, 0.5) is 0 Å².